The summed E-state index contributed by atoms with van der Waals surface area (Å²) >= 11 is 1.59. The molecule has 1 unspecified atom stereocenters. The van der Waals surface area contributed by atoms with Crippen LogP contribution in [0.3, 0.4) is 0 Å². The molecule has 0 spiro atoms. The Morgan fingerprint density at radius 3 is 2.54 bits per heavy atom. The fourth-order valence-corrected chi connectivity index (χ4v) is 5.97. The maximum Gasteiger partial charge on any atom is 0.244 e. The number of primary sulfonamides is 1. The van der Waals surface area contributed by atoms with Gasteiger partial charge in [-0.3, -0.25) is 0 Å². The predicted molar refractivity (Wildman–Crippen MR) is 103 cm³/mol. The second-order valence-electron chi connectivity index (χ2n) is 5.98. The van der Waals surface area contributed by atoms with Gasteiger partial charge in [-0.2, -0.15) is 16.5 Å². The van der Waals surface area contributed by atoms with E-state index in [1.807, 2.05) is 30.3 Å². The third kappa shape index (κ3) is 4.21. The van der Waals surface area contributed by atoms with Crippen LogP contribution < -0.4 is 15.2 Å². The van der Waals surface area contributed by atoms with Gasteiger partial charge in [-0.1, -0.05) is 30.3 Å². The van der Waals surface area contributed by atoms with Crippen molar-refractivity contribution in [1.82, 2.24) is 4.72 Å². The fourth-order valence-electron chi connectivity index (χ4n) is 2.72. The van der Waals surface area contributed by atoms with E-state index in [4.69, 9.17) is 5.14 Å². The largest absolute Gasteiger partial charge is 0.367 e. The van der Waals surface area contributed by atoms with Gasteiger partial charge in [0.1, 0.15) is 4.90 Å². The molecule has 0 amide bonds. The number of anilines is 1. The van der Waals surface area contributed by atoms with E-state index in [-0.39, 0.29) is 9.79 Å². The number of nitrogens with two attached hydrogens (primary N) is 1. The normalized spacial score (nSPS) is 18.8. The van der Waals surface area contributed by atoms with Gasteiger partial charge < -0.3 is 5.32 Å². The molecular weight excluding hydrogens is 394 g/mol. The molecule has 1 heterocycles. The molecule has 1 aliphatic rings. The quantitative estimate of drug-likeness (QED) is 0.685. The van der Waals surface area contributed by atoms with E-state index in [0.717, 1.165) is 17.4 Å². The maximum atomic E-state index is 12.5. The van der Waals surface area contributed by atoms with E-state index in [1.54, 1.807) is 18.7 Å². The van der Waals surface area contributed by atoms with Crippen LogP contribution in [0.4, 0.5) is 5.69 Å². The monoisotopic (exact) mass is 413 g/mol. The number of rotatable bonds is 5. The number of benzene rings is 2. The lowest BCUT2D eigenvalue weighted by Crippen LogP contribution is -2.46. The Morgan fingerprint density at radius 2 is 1.88 bits per heavy atom. The summed E-state index contributed by atoms with van der Waals surface area (Å²) < 4.78 is 50.8. The Balaban J connectivity index is 1.79. The van der Waals surface area contributed by atoms with Gasteiger partial charge in [-0.25, -0.2) is 22.0 Å². The molecule has 4 N–H and O–H groups in total. The van der Waals surface area contributed by atoms with Crippen molar-refractivity contribution in [3.8, 4) is 0 Å². The third-order valence-electron chi connectivity index (χ3n) is 3.90. The van der Waals surface area contributed by atoms with Crippen LogP contribution in [0.1, 0.15) is 11.1 Å². The second kappa shape index (κ2) is 7.20. The van der Waals surface area contributed by atoms with Crippen molar-refractivity contribution in [1.29, 1.82) is 0 Å². The SMILES string of the molecule is Cc1cc2c(cc1S(N)(=O)=O)S(=O)(=O)NC(CSCc1ccccc1)N2. The van der Waals surface area contributed by atoms with Gasteiger partial charge >= 0.3 is 0 Å². The summed E-state index contributed by atoms with van der Waals surface area (Å²) in [4.78, 5) is -0.309. The van der Waals surface area contributed by atoms with E-state index in [1.165, 1.54) is 6.07 Å². The molecule has 140 valence electrons. The summed E-state index contributed by atoms with van der Waals surface area (Å²) in [7, 11) is -7.83. The highest BCUT2D eigenvalue weighted by atomic mass is 32.2. The van der Waals surface area contributed by atoms with Gasteiger partial charge in [0.2, 0.25) is 20.0 Å². The van der Waals surface area contributed by atoms with Gasteiger partial charge in [-0.05, 0) is 30.2 Å². The van der Waals surface area contributed by atoms with Gasteiger partial charge in [0.15, 0.2) is 0 Å². The molecule has 2 aromatic rings. The molecule has 1 atom stereocenters. The summed E-state index contributed by atoms with van der Waals surface area (Å²) in [6.07, 6.45) is -0.485. The zero-order valence-electron chi connectivity index (χ0n) is 14.0. The van der Waals surface area contributed by atoms with Crippen molar-refractivity contribution in [3.05, 3.63) is 53.6 Å². The van der Waals surface area contributed by atoms with Crippen LogP contribution in [-0.2, 0) is 25.8 Å². The highest BCUT2D eigenvalue weighted by Gasteiger charge is 2.31. The Labute approximate surface area is 157 Å². The number of aryl methyl sites for hydroxylation is 1. The van der Waals surface area contributed by atoms with Crippen LogP contribution in [0.5, 0.6) is 0 Å². The first kappa shape index (κ1) is 19.2. The average Bonchev–Trinajstić information content (AvgIpc) is 2.53. The molecule has 0 aromatic heterocycles. The van der Waals surface area contributed by atoms with Crippen molar-refractivity contribution < 1.29 is 16.8 Å². The van der Waals surface area contributed by atoms with Crippen LogP contribution in [-0.4, -0.2) is 28.8 Å². The van der Waals surface area contributed by atoms with Crippen LogP contribution in [0.25, 0.3) is 0 Å². The third-order valence-corrected chi connectivity index (χ3v) is 7.57. The first-order chi connectivity index (χ1) is 12.2. The lowest BCUT2D eigenvalue weighted by molar-refractivity contribution is 0.566. The molecule has 3 rings (SSSR count). The first-order valence-electron chi connectivity index (χ1n) is 7.75. The first-order valence-corrected chi connectivity index (χ1v) is 11.9. The minimum Gasteiger partial charge on any atom is -0.367 e. The van der Waals surface area contributed by atoms with Gasteiger partial charge in [0.25, 0.3) is 0 Å². The molecule has 10 heteroatoms. The highest BCUT2D eigenvalue weighted by Crippen LogP contribution is 2.31. The van der Waals surface area contributed by atoms with E-state index in [2.05, 4.69) is 10.0 Å². The van der Waals surface area contributed by atoms with Crippen LogP contribution in [0.15, 0.2) is 52.3 Å². The standard InChI is InChI=1S/C16H19N3O4S3/c1-11-7-13-15(8-14(11)25(17,20)21)26(22,23)19-16(18-13)10-24-9-12-5-3-2-4-6-12/h2-8,16,18-19H,9-10H2,1H3,(H2,17,20,21). The van der Waals surface area contributed by atoms with Crippen molar-refractivity contribution in [3.63, 3.8) is 0 Å². The topological polar surface area (TPSA) is 118 Å². The molecule has 0 saturated carbocycles. The van der Waals surface area contributed by atoms with E-state index < -0.39 is 26.2 Å². The van der Waals surface area contributed by atoms with E-state index in [0.29, 0.717) is 17.0 Å². The van der Waals surface area contributed by atoms with Crippen molar-refractivity contribution >= 4 is 37.5 Å². The van der Waals surface area contributed by atoms with Crippen molar-refractivity contribution in [2.24, 2.45) is 5.14 Å². The van der Waals surface area contributed by atoms with E-state index >= 15 is 0 Å². The molecule has 7 nitrogen and oxygen atoms in total. The lowest BCUT2D eigenvalue weighted by atomic mass is 10.2. The number of sulfonamides is 2. The molecule has 1 aliphatic heterocycles. The smallest absolute Gasteiger partial charge is 0.244 e. The number of hydrogen-bond acceptors (Lipinski definition) is 6. The van der Waals surface area contributed by atoms with Gasteiger partial charge in [-0.15, -0.1) is 0 Å². The zero-order chi connectivity index (χ0) is 18.9. The summed E-state index contributed by atoms with van der Waals surface area (Å²) in [6.45, 7) is 1.58. The Hall–Kier alpha value is -1.59. The number of hydrogen-bond donors (Lipinski definition) is 3. The molecule has 0 radical (unpaired) electrons. The number of fused-ring (bicyclic) bond motifs is 1. The molecular formula is C16H19N3O4S3. The average molecular weight is 414 g/mol. The van der Waals surface area contributed by atoms with Crippen LogP contribution >= 0.6 is 11.8 Å². The predicted octanol–water partition coefficient (Wildman–Crippen LogP) is 1.61. The van der Waals surface area contributed by atoms with Crippen molar-refractivity contribution in [2.45, 2.75) is 28.6 Å². The minimum atomic E-state index is -4.00. The van der Waals surface area contributed by atoms with Crippen LogP contribution in [0.2, 0.25) is 0 Å². The summed E-state index contributed by atoms with van der Waals surface area (Å²) in [6, 6.07) is 12.5. The van der Waals surface area contributed by atoms with Crippen LogP contribution in [0, 0.1) is 6.92 Å². The Kier molecular flexibility index (Phi) is 5.31. The molecule has 0 aliphatic carbocycles. The van der Waals surface area contributed by atoms with Gasteiger partial charge in [0, 0.05) is 11.5 Å². The number of thioether (sulfide) groups is 1. The zero-order valence-corrected chi connectivity index (χ0v) is 16.4. The Bertz CT molecular complexity index is 1020. The van der Waals surface area contributed by atoms with Gasteiger partial charge in [0.05, 0.1) is 16.7 Å². The lowest BCUT2D eigenvalue weighted by Gasteiger charge is -2.28. The Morgan fingerprint density at radius 1 is 1.19 bits per heavy atom. The summed E-state index contributed by atoms with van der Waals surface area (Å²) in [5.74, 6) is 1.28. The minimum absolute atomic E-state index is 0.114. The van der Waals surface area contributed by atoms with Crippen molar-refractivity contribution in [2.75, 3.05) is 11.1 Å². The number of nitrogens with one attached hydrogen (secondary N) is 2. The fraction of sp³-hybridized carbons (Fsp3) is 0.250. The van der Waals surface area contributed by atoms with E-state index in [9.17, 15) is 16.8 Å². The summed E-state index contributed by atoms with van der Waals surface area (Å²) in [5, 5.41) is 8.27. The molecule has 0 saturated heterocycles. The molecule has 0 bridgehead atoms. The molecule has 26 heavy (non-hydrogen) atoms. The summed E-state index contributed by atoms with van der Waals surface area (Å²) in [5.41, 5.74) is 1.93. The second-order valence-corrected chi connectivity index (χ2v) is 10.2. The maximum absolute atomic E-state index is 12.5. The molecule has 0 fully saturated rings. The molecule has 2 aromatic carbocycles. The highest BCUT2D eigenvalue weighted by molar-refractivity contribution is 7.98.